The number of pyridine rings is 1. The molecule has 2 rings (SSSR count). The van der Waals surface area contributed by atoms with E-state index in [1.165, 1.54) is 22.8 Å². The summed E-state index contributed by atoms with van der Waals surface area (Å²) in [5.74, 6) is 2.43. The maximum atomic E-state index is 5.84. The second-order valence-corrected chi connectivity index (χ2v) is 5.38. The number of nitrogens with two attached hydrogens (primary N) is 1. The smallest absolute Gasteiger partial charge is 0.0448 e. The second kappa shape index (κ2) is 5.06. The predicted octanol–water partition coefficient (Wildman–Crippen LogP) is 1.71. The van der Waals surface area contributed by atoms with Crippen LogP contribution in [0.3, 0.4) is 0 Å². The lowest BCUT2D eigenvalue weighted by Crippen LogP contribution is -2.33. The van der Waals surface area contributed by atoms with E-state index in [1.807, 2.05) is 11.8 Å². The van der Waals surface area contributed by atoms with Crippen LogP contribution in [0.4, 0.5) is 5.69 Å². The normalized spacial score (nSPS) is 16.6. The van der Waals surface area contributed by atoms with Gasteiger partial charge in [0.15, 0.2) is 0 Å². The lowest BCUT2D eigenvalue weighted by molar-refractivity contribution is 0.836. The average molecular weight is 237 g/mol. The first kappa shape index (κ1) is 11.7. The van der Waals surface area contributed by atoms with Crippen LogP contribution in [0, 0.1) is 13.8 Å². The molecule has 4 heteroatoms. The van der Waals surface area contributed by atoms with E-state index in [-0.39, 0.29) is 0 Å². The van der Waals surface area contributed by atoms with Gasteiger partial charge in [-0.1, -0.05) is 0 Å². The van der Waals surface area contributed by atoms with Crippen LogP contribution >= 0.6 is 11.8 Å². The van der Waals surface area contributed by atoms with Crippen LogP contribution in [0.15, 0.2) is 6.07 Å². The number of aryl methyl sites for hydroxylation is 2. The maximum Gasteiger partial charge on any atom is 0.0448 e. The molecule has 0 atom stereocenters. The lowest BCUT2D eigenvalue weighted by atomic mass is 10.1. The van der Waals surface area contributed by atoms with E-state index >= 15 is 0 Å². The van der Waals surface area contributed by atoms with Crippen molar-refractivity contribution in [1.82, 2.24) is 4.98 Å². The summed E-state index contributed by atoms with van der Waals surface area (Å²) in [5, 5.41) is 0. The molecule has 3 nitrogen and oxygen atoms in total. The second-order valence-electron chi connectivity index (χ2n) is 4.15. The van der Waals surface area contributed by atoms with Gasteiger partial charge in [0.2, 0.25) is 0 Å². The van der Waals surface area contributed by atoms with Gasteiger partial charge in [-0.15, -0.1) is 0 Å². The van der Waals surface area contributed by atoms with Gasteiger partial charge in [0.05, 0.1) is 0 Å². The zero-order valence-corrected chi connectivity index (χ0v) is 10.8. The van der Waals surface area contributed by atoms with Gasteiger partial charge in [-0.05, 0) is 19.9 Å². The summed E-state index contributed by atoms with van der Waals surface area (Å²) < 4.78 is 0. The highest BCUT2D eigenvalue weighted by molar-refractivity contribution is 7.99. The Morgan fingerprint density at radius 3 is 2.69 bits per heavy atom. The molecule has 0 unspecified atom stereocenters. The SMILES string of the molecule is Cc1cc(N2CCSCC2)c(CN)c(C)n1. The summed E-state index contributed by atoms with van der Waals surface area (Å²) >= 11 is 2.03. The van der Waals surface area contributed by atoms with Crippen LogP contribution in [0.1, 0.15) is 17.0 Å². The summed E-state index contributed by atoms with van der Waals surface area (Å²) in [6, 6.07) is 2.17. The monoisotopic (exact) mass is 237 g/mol. The molecule has 0 amide bonds. The van der Waals surface area contributed by atoms with Crippen LogP contribution in [0.2, 0.25) is 0 Å². The number of nitrogens with zero attached hydrogens (tertiary/aromatic N) is 2. The molecule has 0 bridgehead atoms. The summed E-state index contributed by atoms with van der Waals surface area (Å²) in [7, 11) is 0. The Bertz CT molecular complexity index is 373. The Morgan fingerprint density at radius 2 is 2.06 bits per heavy atom. The van der Waals surface area contributed by atoms with Crippen molar-refractivity contribution in [1.29, 1.82) is 0 Å². The number of rotatable bonds is 2. The van der Waals surface area contributed by atoms with E-state index in [9.17, 15) is 0 Å². The summed E-state index contributed by atoms with van der Waals surface area (Å²) in [6.45, 7) is 6.94. The fraction of sp³-hybridized carbons (Fsp3) is 0.583. The molecule has 1 aliphatic rings. The molecule has 2 heterocycles. The van der Waals surface area contributed by atoms with E-state index in [0.29, 0.717) is 6.54 Å². The zero-order valence-electron chi connectivity index (χ0n) is 9.99. The number of hydrogen-bond donors (Lipinski definition) is 1. The third-order valence-corrected chi connectivity index (χ3v) is 3.93. The highest BCUT2D eigenvalue weighted by Crippen LogP contribution is 2.26. The maximum absolute atomic E-state index is 5.84. The molecule has 16 heavy (non-hydrogen) atoms. The van der Waals surface area contributed by atoms with Crippen molar-refractivity contribution >= 4 is 17.4 Å². The molecule has 0 saturated carbocycles. The number of hydrogen-bond acceptors (Lipinski definition) is 4. The number of thioether (sulfide) groups is 1. The first-order valence-corrected chi connectivity index (χ1v) is 6.87. The van der Waals surface area contributed by atoms with Crippen molar-refractivity contribution in [3.63, 3.8) is 0 Å². The third-order valence-electron chi connectivity index (χ3n) is 2.99. The minimum atomic E-state index is 0.581. The molecule has 1 saturated heterocycles. The summed E-state index contributed by atoms with van der Waals surface area (Å²) in [5.41, 5.74) is 10.5. The minimum Gasteiger partial charge on any atom is -0.370 e. The third kappa shape index (κ3) is 2.33. The van der Waals surface area contributed by atoms with Gasteiger partial charge in [-0.2, -0.15) is 11.8 Å². The number of aromatic nitrogens is 1. The fourth-order valence-corrected chi connectivity index (χ4v) is 3.08. The Labute approximate surface area is 101 Å². The quantitative estimate of drug-likeness (QED) is 0.850. The summed E-state index contributed by atoms with van der Waals surface area (Å²) in [6.07, 6.45) is 0. The molecule has 88 valence electrons. The van der Waals surface area contributed by atoms with Crippen LogP contribution < -0.4 is 10.6 Å². The molecule has 0 radical (unpaired) electrons. The van der Waals surface area contributed by atoms with Crippen molar-refractivity contribution < 1.29 is 0 Å². The van der Waals surface area contributed by atoms with Gasteiger partial charge in [-0.25, -0.2) is 0 Å². The Kier molecular flexibility index (Phi) is 3.71. The van der Waals surface area contributed by atoms with Gasteiger partial charge in [0, 0.05) is 53.8 Å². The highest BCUT2D eigenvalue weighted by atomic mass is 32.2. The van der Waals surface area contributed by atoms with E-state index in [4.69, 9.17) is 5.73 Å². The lowest BCUT2D eigenvalue weighted by Gasteiger charge is -2.30. The standard InChI is InChI=1S/C12H19N3S/c1-9-7-12(11(8-13)10(2)14-9)15-3-5-16-6-4-15/h7H,3-6,8,13H2,1-2H3. The van der Waals surface area contributed by atoms with Crippen molar-refractivity contribution in [3.8, 4) is 0 Å². The molecular weight excluding hydrogens is 218 g/mol. The topological polar surface area (TPSA) is 42.1 Å². The highest BCUT2D eigenvalue weighted by Gasteiger charge is 2.16. The molecule has 1 aliphatic heterocycles. The first-order chi connectivity index (χ1) is 7.72. The molecule has 1 fully saturated rings. The van der Waals surface area contributed by atoms with Crippen molar-refractivity contribution in [2.75, 3.05) is 29.5 Å². The van der Waals surface area contributed by atoms with Crippen LogP contribution in [-0.2, 0) is 6.54 Å². The molecule has 0 aliphatic carbocycles. The van der Waals surface area contributed by atoms with Crippen LogP contribution in [0.5, 0.6) is 0 Å². The Balaban J connectivity index is 2.36. The molecule has 1 aromatic heterocycles. The minimum absolute atomic E-state index is 0.581. The van der Waals surface area contributed by atoms with Gasteiger partial charge >= 0.3 is 0 Å². The van der Waals surface area contributed by atoms with Crippen LogP contribution in [-0.4, -0.2) is 29.6 Å². The van der Waals surface area contributed by atoms with Crippen LogP contribution in [0.25, 0.3) is 0 Å². The molecule has 0 aromatic carbocycles. The predicted molar refractivity (Wildman–Crippen MR) is 71.1 cm³/mol. The van der Waals surface area contributed by atoms with Crippen molar-refractivity contribution in [2.45, 2.75) is 20.4 Å². The van der Waals surface area contributed by atoms with E-state index in [1.54, 1.807) is 0 Å². The van der Waals surface area contributed by atoms with Gasteiger partial charge < -0.3 is 10.6 Å². The van der Waals surface area contributed by atoms with Gasteiger partial charge in [0.25, 0.3) is 0 Å². The average Bonchev–Trinajstić information content (AvgIpc) is 2.29. The molecular formula is C12H19N3S. The largest absolute Gasteiger partial charge is 0.370 e. The number of anilines is 1. The van der Waals surface area contributed by atoms with E-state index < -0.39 is 0 Å². The zero-order chi connectivity index (χ0) is 11.5. The Hall–Kier alpha value is -0.740. The first-order valence-electron chi connectivity index (χ1n) is 5.72. The van der Waals surface area contributed by atoms with Gasteiger partial charge in [-0.3, -0.25) is 4.98 Å². The fourth-order valence-electron chi connectivity index (χ4n) is 2.17. The van der Waals surface area contributed by atoms with E-state index in [0.717, 1.165) is 24.5 Å². The van der Waals surface area contributed by atoms with Crippen molar-refractivity contribution in [3.05, 3.63) is 23.0 Å². The molecule has 2 N–H and O–H groups in total. The molecule has 0 spiro atoms. The van der Waals surface area contributed by atoms with Crippen molar-refractivity contribution in [2.24, 2.45) is 5.73 Å². The Morgan fingerprint density at radius 1 is 1.38 bits per heavy atom. The molecule has 1 aromatic rings. The van der Waals surface area contributed by atoms with E-state index in [2.05, 4.69) is 29.8 Å². The summed E-state index contributed by atoms with van der Waals surface area (Å²) in [4.78, 5) is 6.93. The van der Waals surface area contributed by atoms with Gasteiger partial charge in [0.1, 0.15) is 0 Å².